The number of ether oxygens (including phenoxy) is 2. The van der Waals surface area contributed by atoms with Crippen molar-refractivity contribution in [3.05, 3.63) is 70.0 Å². The number of methoxy groups -OCH3 is 2. The summed E-state index contributed by atoms with van der Waals surface area (Å²) >= 11 is 5.24. The molecule has 2 aromatic carbocycles. The second-order valence-corrected chi connectivity index (χ2v) is 5.81. The molecule has 0 bridgehead atoms. The molecule has 0 unspecified atom stereocenters. The van der Waals surface area contributed by atoms with Gasteiger partial charge in [0.2, 0.25) is 4.77 Å². The van der Waals surface area contributed by atoms with Crippen LogP contribution in [0, 0.1) is 10.6 Å². The van der Waals surface area contributed by atoms with Gasteiger partial charge in [0.05, 0.1) is 20.4 Å². The van der Waals surface area contributed by atoms with Crippen LogP contribution in [0.25, 0.3) is 0 Å². The second-order valence-electron chi connectivity index (χ2n) is 5.42. The third kappa shape index (κ3) is 3.97. The summed E-state index contributed by atoms with van der Waals surface area (Å²) in [4.78, 5) is 0. The Morgan fingerprint density at radius 2 is 1.88 bits per heavy atom. The van der Waals surface area contributed by atoms with Gasteiger partial charge in [-0.15, -0.1) is 0 Å². The largest absolute Gasteiger partial charge is 0.493 e. The van der Waals surface area contributed by atoms with Gasteiger partial charge in [0.15, 0.2) is 17.3 Å². The number of aromatic amines is 1. The topological polar surface area (TPSA) is 64.4 Å². The maximum absolute atomic E-state index is 13.0. The quantitative estimate of drug-likeness (QED) is 0.531. The van der Waals surface area contributed by atoms with E-state index in [9.17, 15) is 4.39 Å². The van der Waals surface area contributed by atoms with E-state index < -0.39 is 0 Å². The molecule has 0 amide bonds. The minimum atomic E-state index is -0.279. The Bertz CT molecular complexity index is 980. The van der Waals surface area contributed by atoms with Gasteiger partial charge in [0.25, 0.3) is 0 Å². The van der Waals surface area contributed by atoms with Crippen molar-refractivity contribution in [2.24, 2.45) is 5.10 Å². The number of rotatable bonds is 6. The summed E-state index contributed by atoms with van der Waals surface area (Å²) in [6, 6.07) is 11.7. The van der Waals surface area contributed by atoms with Crippen LogP contribution in [0.2, 0.25) is 0 Å². The van der Waals surface area contributed by atoms with Crippen molar-refractivity contribution < 1.29 is 13.9 Å². The lowest BCUT2D eigenvalue weighted by Crippen LogP contribution is -2.01. The lowest BCUT2D eigenvalue weighted by molar-refractivity contribution is 0.355. The van der Waals surface area contributed by atoms with E-state index in [0.29, 0.717) is 28.5 Å². The van der Waals surface area contributed by atoms with E-state index in [1.807, 2.05) is 12.1 Å². The summed E-state index contributed by atoms with van der Waals surface area (Å²) in [5, 5.41) is 11.3. The summed E-state index contributed by atoms with van der Waals surface area (Å²) in [6.45, 7) is 0. The lowest BCUT2D eigenvalue weighted by Gasteiger charge is -2.07. The number of H-pyrrole nitrogens is 1. The third-order valence-electron chi connectivity index (χ3n) is 3.72. The molecular formula is C18H17FN4O2S. The molecule has 3 aromatic rings. The fourth-order valence-corrected chi connectivity index (χ4v) is 2.60. The van der Waals surface area contributed by atoms with Crippen LogP contribution in [-0.2, 0) is 6.42 Å². The molecule has 0 saturated carbocycles. The van der Waals surface area contributed by atoms with E-state index in [1.54, 1.807) is 38.6 Å². The van der Waals surface area contributed by atoms with E-state index in [1.165, 1.54) is 16.8 Å². The van der Waals surface area contributed by atoms with Crippen molar-refractivity contribution in [3.8, 4) is 11.5 Å². The average Bonchev–Trinajstić information content (AvgIpc) is 3.01. The van der Waals surface area contributed by atoms with E-state index in [0.717, 1.165) is 11.1 Å². The predicted octanol–water partition coefficient (Wildman–Crippen LogP) is 3.57. The number of nitrogens with zero attached hydrogens (tertiary/aromatic N) is 3. The minimum absolute atomic E-state index is 0.279. The van der Waals surface area contributed by atoms with Crippen molar-refractivity contribution in [2.75, 3.05) is 14.2 Å². The molecule has 8 heteroatoms. The van der Waals surface area contributed by atoms with Crippen LogP contribution in [0.1, 0.15) is 17.0 Å². The highest BCUT2D eigenvalue weighted by Gasteiger charge is 2.07. The van der Waals surface area contributed by atoms with E-state index in [-0.39, 0.29) is 5.82 Å². The lowest BCUT2D eigenvalue weighted by atomic mass is 10.1. The van der Waals surface area contributed by atoms with Crippen molar-refractivity contribution in [1.82, 2.24) is 14.9 Å². The van der Waals surface area contributed by atoms with Crippen LogP contribution < -0.4 is 9.47 Å². The van der Waals surface area contributed by atoms with Gasteiger partial charge >= 0.3 is 0 Å². The van der Waals surface area contributed by atoms with Crippen molar-refractivity contribution >= 4 is 18.4 Å². The number of aromatic nitrogens is 3. The van der Waals surface area contributed by atoms with Gasteiger partial charge < -0.3 is 9.47 Å². The molecule has 1 aromatic heterocycles. The summed E-state index contributed by atoms with van der Waals surface area (Å²) in [7, 11) is 3.16. The highest BCUT2D eigenvalue weighted by Crippen LogP contribution is 2.26. The maximum atomic E-state index is 13.0. The summed E-state index contributed by atoms with van der Waals surface area (Å²) in [5.74, 6) is 1.60. The predicted molar refractivity (Wildman–Crippen MR) is 99.2 cm³/mol. The number of halogens is 1. The molecule has 0 saturated heterocycles. The molecule has 1 N–H and O–H groups in total. The molecule has 0 aliphatic heterocycles. The molecule has 6 nitrogen and oxygen atoms in total. The molecular weight excluding hydrogens is 355 g/mol. The smallest absolute Gasteiger partial charge is 0.216 e. The zero-order chi connectivity index (χ0) is 18.5. The molecule has 0 radical (unpaired) electrons. The van der Waals surface area contributed by atoms with Crippen molar-refractivity contribution in [2.45, 2.75) is 6.42 Å². The SMILES string of the molecule is COc1ccc(/C=N\n2c(Cc3ccc(F)cc3)n[nH]c2=S)cc1OC. The third-order valence-corrected chi connectivity index (χ3v) is 3.99. The molecule has 0 aliphatic carbocycles. The van der Waals surface area contributed by atoms with Gasteiger partial charge in [0.1, 0.15) is 5.82 Å². The molecule has 3 rings (SSSR count). The first kappa shape index (κ1) is 17.8. The van der Waals surface area contributed by atoms with Crippen LogP contribution >= 0.6 is 12.2 Å². The maximum Gasteiger partial charge on any atom is 0.216 e. The van der Waals surface area contributed by atoms with E-state index >= 15 is 0 Å². The number of benzene rings is 2. The van der Waals surface area contributed by atoms with Gasteiger partial charge in [-0.2, -0.15) is 14.9 Å². The van der Waals surface area contributed by atoms with Gasteiger partial charge in [-0.25, -0.2) is 4.39 Å². The number of hydrogen-bond donors (Lipinski definition) is 1. The van der Waals surface area contributed by atoms with E-state index in [4.69, 9.17) is 21.7 Å². The number of nitrogens with one attached hydrogen (secondary N) is 1. The molecule has 0 spiro atoms. The Hall–Kier alpha value is -3.00. The molecule has 26 heavy (non-hydrogen) atoms. The van der Waals surface area contributed by atoms with Crippen LogP contribution in [0.5, 0.6) is 11.5 Å². The molecule has 134 valence electrons. The zero-order valence-corrected chi connectivity index (χ0v) is 15.1. The van der Waals surface area contributed by atoms with Crippen LogP contribution in [0.3, 0.4) is 0 Å². The van der Waals surface area contributed by atoms with Crippen LogP contribution in [0.4, 0.5) is 4.39 Å². The first-order valence-electron chi connectivity index (χ1n) is 7.78. The normalized spacial score (nSPS) is 11.0. The molecule has 0 aliphatic rings. The average molecular weight is 372 g/mol. The molecule has 0 fully saturated rings. The highest BCUT2D eigenvalue weighted by atomic mass is 32.1. The summed E-state index contributed by atoms with van der Waals surface area (Å²) in [5.41, 5.74) is 1.72. The van der Waals surface area contributed by atoms with E-state index in [2.05, 4.69) is 15.3 Å². The van der Waals surface area contributed by atoms with Gasteiger partial charge in [-0.05, 0) is 53.7 Å². The Kier molecular flexibility index (Phi) is 5.43. The van der Waals surface area contributed by atoms with Gasteiger partial charge in [-0.1, -0.05) is 12.1 Å². The minimum Gasteiger partial charge on any atom is -0.493 e. The first-order valence-corrected chi connectivity index (χ1v) is 8.18. The number of hydrogen-bond acceptors (Lipinski definition) is 5. The summed E-state index contributed by atoms with van der Waals surface area (Å²) in [6.07, 6.45) is 2.12. The van der Waals surface area contributed by atoms with Gasteiger partial charge in [-0.3, -0.25) is 5.10 Å². The Labute approximate surface area is 154 Å². The van der Waals surface area contributed by atoms with Crippen molar-refractivity contribution in [3.63, 3.8) is 0 Å². The Balaban J connectivity index is 1.86. The summed E-state index contributed by atoms with van der Waals surface area (Å²) < 4.78 is 25.5. The zero-order valence-electron chi connectivity index (χ0n) is 14.3. The standard InChI is InChI=1S/C18H17FN4O2S/c1-24-15-8-5-13(9-16(15)25-2)11-20-23-17(21-22-18(23)26)10-12-3-6-14(19)7-4-12/h3-9,11H,10H2,1-2H3,(H,22,26)/b20-11-. The monoisotopic (exact) mass is 372 g/mol. The highest BCUT2D eigenvalue weighted by molar-refractivity contribution is 7.71. The second kappa shape index (κ2) is 7.92. The first-order chi connectivity index (χ1) is 12.6. The van der Waals surface area contributed by atoms with Crippen LogP contribution in [-0.4, -0.2) is 35.3 Å². The fraction of sp³-hybridized carbons (Fsp3) is 0.167. The fourth-order valence-electron chi connectivity index (χ4n) is 2.40. The van der Waals surface area contributed by atoms with Crippen molar-refractivity contribution in [1.29, 1.82) is 0 Å². The molecule has 0 atom stereocenters. The Morgan fingerprint density at radius 1 is 1.15 bits per heavy atom. The van der Waals surface area contributed by atoms with Gasteiger partial charge in [0, 0.05) is 6.42 Å². The Morgan fingerprint density at radius 3 is 2.58 bits per heavy atom. The van der Waals surface area contributed by atoms with Crippen LogP contribution in [0.15, 0.2) is 47.6 Å². The molecule has 1 heterocycles.